The van der Waals surface area contributed by atoms with Gasteiger partial charge in [-0.2, -0.15) is 5.10 Å². The van der Waals surface area contributed by atoms with Gasteiger partial charge < -0.3 is 0 Å². The van der Waals surface area contributed by atoms with Crippen LogP contribution in [0.15, 0.2) is 72.9 Å². The molecule has 23 heavy (non-hydrogen) atoms. The standard InChI is InChI=1S/C21H18N2/c1-15-7-8-20(14-21(15)23-12-11-16(2)22-23)19-10-9-17-5-3-4-6-18(17)13-19/h3-14H,1-2H3. The summed E-state index contributed by atoms with van der Waals surface area (Å²) in [5, 5.41) is 7.08. The predicted molar refractivity (Wildman–Crippen MR) is 96.0 cm³/mol. The topological polar surface area (TPSA) is 17.8 Å². The number of rotatable bonds is 2. The fourth-order valence-corrected chi connectivity index (χ4v) is 2.95. The number of aryl methyl sites for hydroxylation is 2. The lowest BCUT2D eigenvalue weighted by Gasteiger charge is -2.10. The van der Waals surface area contributed by atoms with Crippen LogP contribution in [-0.2, 0) is 0 Å². The molecule has 0 aliphatic heterocycles. The molecular formula is C21H18N2. The molecule has 112 valence electrons. The Kier molecular flexibility index (Phi) is 3.23. The van der Waals surface area contributed by atoms with Crippen LogP contribution in [0.4, 0.5) is 0 Å². The number of hydrogen-bond acceptors (Lipinski definition) is 1. The lowest BCUT2D eigenvalue weighted by molar-refractivity contribution is 0.856. The molecule has 0 N–H and O–H groups in total. The summed E-state index contributed by atoms with van der Waals surface area (Å²) in [4.78, 5) is 0. The Morgan fingerprint density at radius 3 is 2.26 bits per heavy atom. The van der Waals surface area contributed by atoms with Crippen LogP contribution in [0.1, 0.15) is 11.3 Å². The van der Waals surface area contributed by atoms with Crippen molar-refractivity contribution in [3.8, 4) is 16.8 Å². The van der Waals surface area contributed by atoms with Gasteiger partial charge in [-0.3, -0.25) is 0 Å². The first-order valence-corrected chi connectivity index (χ1v) is 7.83. The van der Waals surface area contributed by atoms with Crippen molar-refractivity contribution < 1.29 is 0 Å². The van der Waals surface area contributed by atoms with Crippen molar-refractivity contribution >= 4 is 10.8 Å². The highest BCUT2D eigenvalue weighted by Gasteiger charge is 2.06. The summed E-state index contributed by atoms with van der Waals surface area (Å²) in [7, 11) is 0. The second kappa shape index (κ2) is 5.40. The number of aromatic nitrogens is 2. The first-order chi connectivity index (χ1) is 11.2. The van der Waals surface area contributed by atoms with Crippen LogP contribution in [-0.4, -0.2) is 9.78 Å². The van der Waals surface area contributed by atoms with Crippen LogP contribution in [0.3, 0.4) is 0 Å². The Hall–Kier alpha value is -2.87. The summed E-state index contributed by atoms with van der Waals surface area (Å²) in [6.07, 6.45) is 2.02. The van der Waals surface area contributed by atoms with E-state index in [4.69, 9.17) is 0 Å². The molecule has 4 rings (SSSR count). The summed E-state index contributed by atoms with van der Waals surface area (Å²) in [5.41, 5.74) is 5.82. The minimum absolute atomic E-state index is 1.03. The Bertz CT molecular complexity index is 996. The van der Waals surface area contributed by atoms with E-state index in [2.05, 4.69) is 72.7 Å². The average Bonchev–Trinajstić information content (AvgIpc) is 3.01. The maximum Gasteiger partial charge on any atom is 0.0680 e. The van der Waals surface area contributed by atoms with Crippen LogP contribution < -0.4 is 0 Å². The van der Waals surface area contributed by atoms with Gasteiger partial charge in [0.15, 0.2) is 0 Å². The second-order valence-corrected chi connectivity index (χ2v) is 5.96. The van der Waals surface area contributed by atoms with Gasteiger partial charge in [-0.25, -0.2) is 4.68 Å². The highest BCUT2D eigenvalue weighted by molar-refractivity contribution is 5.87. The van der Waals surface area contributed by atoms with Gasteiger partial charge in [0.05, 0.1) is 11.4 Å². The number of nitrogens with zero attached hydrogens (tertiary/aromatic N) is 2. The molecule has 3 aromatic carbocycles. The molecule has 0 atom stereocenters. The molecule has 0 aliphatic rings. The van der Waals surface area contributed by atoms with Crippen molar-refractivity contribution in [1.29, 1.82) is 0 Å². The maximum absolute atomic E-state index is 4.54. The van der Waals surface area contributed by atoms with Crippen molar-refractivity contribution in [2.45, 2.75) is 13.8 Å². The van der Waals surface area contributed by atoms with Crippen LogP contribution >= 0.6 is 0 Å². The smallest absolute Gasteiger partial charge is 0.0680 e. The van der Waals surface area contributed by atoms with Gasteiger partial charge in [0.25, 0.3) is 0 Å². The zero-order chi connectivity index (χ0) is 15.8. The van der Waals surface area contributed by atoms with Gasteiger partial charge in [0.1, 0.15) is 0 Å². The Morgan fingerprint density at radius 2 is 1.48 bits per heavy atom. The molecule has 4 aromatic rings. The quantitative estimate of drug-likeness (QED) is 0.490. The molecule has 1 aromatic heterocycles. The summed E-state index contributed by atoms with van der Waals surface area (Å²) in [6.45, 7) is 4.13. The maximum atomic E-state index is 4.54. The average molecular weight is 298 g/mol. The van der Waals surface area contributed by atoms with Crippen molar-refractivity contribution in [2.75, 3.05) is 0 Å². The zero-order valence-electron chi connectivity index (χ0n) is 13.3. The minimum atomic E-state index is 1.03. The Balaban J connectivity index is 1.84. The molecule has 0 spiro atoms. The molecule has 2 heteroatoms. The SMILES string of the molecule is Cc1ccn(-c2cc(-c3ccc4ccccc4c3)ccc2C)n1. The van der Waals surface area contributed by atoms with Gasteiger partial charge in [-0.05, 0) is 59.5 Å². The molecule has 0 saturated heterocycles. The van der Waals surface area contributed by atoms with Gasteiger partial charge >= 0.3 is 0 Å². The Labute approximate surface area is 136 Å². The normalized spacial score (nSPS) is 11.0. The molecule has 0 radical (unpaired) electrons. The number of benzene rings is 3. The van der Waals surface area contributed by atoms with E-state index in [-0.39, 0.29) is 0 Å². The van der Waals surface area contributed by atoms with Gasteiger partial charge in [-0.15, -0.1) is 0 Å². The lowest BCUT2D eigenvalue weighted by Crippen LogP contribution is -1.98. The molecular weight excluding hydrogens is 280 g/mol. The fraction of sp³-hybridized carbons (Fsp3) is 0.0952. The van der Waals surface area contributed by atoms with Crippen LogP contribution in [0.5, 0.6) is 0 Å². The molecule has 0 aliphatic carbocycles. The summed E-state index contributed by atoms with van der Waals surface area (Å²) >= 11 is 0. The highest BCUT2D eigenvalue weighted by Crippen LogP contribution is 2.27. The first kappa shape index (κ1) is 13.8. The fourth-order valence-electron chi connectivity index (χ4n) is 2.95. The van der Waals surface area contributed by atoms with E-state index in [0.717, 1.165) is 11.4 Å². The molecule has 1 heterocycles. The third-order valence-electron chi connectivity index (χ3n) is 4.26. The van der Waals surface area contributed by atoms with Crippen LogP contribution in [0, 0.1) is 13.8 Å². The summed E-state index contributed by atoms with van der Waals surface area (Å²) < 4.78 is 1.95. The largest absolute Gasteiger partial charge is 0.240 e. The van der Waals surface area contributed by atoms with E-state index in [9.17, 15) is 0 Å². The zero-order valence-corrected chi connectivity index (χ0v) is 13.3. The predicted octanol–water partition coefficient (Wildman–Crippen LogP) is 5.31. The van der Waals surface area contributed by atoms with Crippen molar-refractivity contribution in [3.63, 3.8) is 0 Å². The van der Waals surface area contributed by atoms with Gasteiger partial charge in [0.2, 0.25) is 0 Å². The van der Waals surface area contributed by atoms with E-state index in [1.165, 1.54) is 27.5 Å². The second-order valence-electron chi connectivity index (χ2n) is 5.96. The number of fused-ring (bicyclic) bond motifs is 1. The van der Waals surface area contributed by atoms with Crippen LogP contribution in [0.25, 0.3) is 27.6 Å². The van der Waals surface area contributed by atoms with E-state index in [1.807, 2.05) is 23.9 Å². The monoisotopic (exact) mass is 298 g/mol. The van der Waals surface area contributed by atoms with Crippen LogP contribution in [0.2, 0.25) is 0 Å². The van der Waals surface area contributed by atoms with E-state index < -0.39 is 0 Å². The molecule has 0 fully saturated rings. The molecule has 0 unspecified atom stereocenters. The molecule has 0 bridgehead atoms. The number of hydrogen-bond donors (Lipinski definition) is 0. The van der Waals surface area contributed by atoms with E-state index in [1.54, 1.807) is 0 Å². The molecule has 0 amide bonds. The molecule has 2 nitrogen and oxygen atoms in total. The first-order valence-electron chi connectivity index (χ1n) is 7.83. The molecule has 0 saturated carbocycles. The third kappa shape index (κ3) is 2.53. The summed E-state index contributed by atoms with van der Waals surface area (Å²) in [6, 6.07) is 23.7. The van der Waals surface area contributed by atoms with Gasteiger partial charge in [0, 0.05) is 6.20 Å². The minimum Gasteiger partial charge on any atom is -0.240 e. The van der Waals surface area contributed by atoms with E-state index in [0.29, 0.717) is 0 Å². The van der Waals surface area contributed by atoms with E-state index >= 15 is 0 Å². The summed E-state index contributed by atoms with van der Waals surface area (Å²) in [5.74, 6) is 0. The van der Waals surface area contributed by atoms with Gasteiger partial charge in [-0.1, -0.05) is 48.5 Å². The lowest BCUT2D eigenvalue weighted by atomic mass is 9.99. The van der Waals surface area contributed by atoms with Crippen molar-refractivity contribution in [3.05, 3.63) is 84.2 Å². The highest BCUT2D eigenvalue weighted by atomic mass is 15.3. The Morgan fingerprint density at radius 1 is 0.739 bits per heavy atom. The third-order valence-corrected chi connectivity index (χ3v) is 4.26. The van der Waals surface area contributed by atoms with Crippen molar-refractivity contribution in [2.24, 2.45) is 0 Å². The van der Waals surface area contributed by atoms with Crippen molar-refractivity contribution in [1.82, 2.24) is 9.78 Å².